The number of methoxy groups -OCH3 is 1. The molecule has 1 amide bonds. The second kappa shape index (κ2) is 8.16. The van der Waals surface area contributed by atoms with Gasteiger partial charge < -0.3 is 15.4 Å². The Balaban J connectivity index is 1.66. The van der Waals surface area contributed by atoms with Gasteiger partial charge in [0.15, 0.2) is 0 Å². The quantitative estimate of drug-likeness (QED) is 0.384. The summed E-state index contributed by atoms with van der Waals surface area (Å²) in [4.78, 5) is 18.4. The van der Waals surface area contributed by atoms with Crippen LogP contribution >= 0.6 is 15.9 Å². The molecule has 0 aliphatic carbocycles. The third-order valence-corrected chi connectivity index (χ3v) is 6.14. The van der Waals surface area contributed by atoms with Crippen molar-refractivity contribution in [1.29, 1.82) is 0 Å². The van der Waals surface area contributed by atoms with Crippen LogP contribution in [-0.2, 0) is 4.79 Å². The van der Waals surface area contributed by atoms with E-state index in [2.05, 4.69) is 31.1 Å². The maximum Gasteiger partial charge on any atom is 0.255 e. The highest BCUT2D eigenvalue weighted by molar-refractivity contribution is 9.10. The van der Waals surface area contributed by atoms with Crippen LogP contribution in [0.15, 0.2) is 88.5 Å². The molecule has 1 aliphatic rings. The van der Waals surface area contributed by atoms with Gasteiger partial charge in [-0.05, 0) is 48.9 Å². The van der Waals surface area contributed by atoms with Gasteiger partial charge in [-0.15, -0.1) is 0 Å². The Bertz CT molecular complexity index is 1360. The number of hydrogen-bond acceptors (Lipinski definition) is 4. The predicted octanol–water partition coefficient (Wildman–Crippen LogP) is 5.74. The molecule has 5 rings (SSSR count). The van der Waals surface area contributed by atoms with Gasteiger partial charge in [-0.3, -0.25) is 9.36 Å². The van der Waals surface area contributed by atoms with Crippen molar-refractivity contribution in [3.8, 4) is 5.75 Å². The lowest BCUT2D eigenvalue weighted by Crippen LogP contribution is -2.31. The van der Waals surface area contributed by atoms with Crippen molar-refractivity contribution in [3.63, 3.8) is 0 Å². The van der Waals surface area contributed by atoms with Crippen LogP contribution < -0.4 is 15.4 Å². The van der Waals surface area contributed by atoms with Crippen LogP contribution in [0.3, 0.4) is 0 Å². The summed E-state index contributed by atoms with van der Waals surface area (Å²) < 4.78 is 8.48. The normalized spacial score (nSPS) is 15.3. The third kappa shape index (κ3) is 3.44. The first kappa shape index (κ1) is 20.3. The molecule has 1 atom stereocenters. The number of fused-ring (bicyclic) bond motifs is 3. The van der Waals surface area contributed by atoms with Gasteiger partial charge in [-0.1, -0.05) is 52.3 Å². The number of amides is 1. The molecular weight excluding hydrogens is 468 g/mol. The molecule has 7 heteroatoms. The number of imidazole rings is 1. The Morgan fingerprint density at radius 3 is 2.56 bits per heavy atom. The van der Waals surface area contributed by atoms with Gasteiger partial charge in [0.1, 0.15) is 5.75 Å². The van der Waals surface area contributed by atoms with Crippen LogP contribution in [0.1, 0.15) is 18.5 Å². The number of aromatic nitrogens is 2. The summed E-state index contributed by atoms with van der Waals surface area (Å²) in [7, 11) is 1.59. The van der Waals surface area contributed by atoms with Crippen molar-refractivity contribution in [2.45, 2.75) is 13.0 Å². The minimum absolute atomic E-state index is 0.198. The Morgan fingerprint density at radius 2 is 1.78 bits per heavy atom. The van der Waals surface area contributed by atoms with Crippen molar-refractivity contribution < 1.29 is 9.53 Å². The number of anilines is 2. The average Bonchev–Trinajstić information content (AvgIpc) is 3.17. The van der Waals surface area contributed by atoms with Crippen molar-refractivity contribution in [2.75, 3.05) is 17.7 Å². The number of hydrogen-bond donors (Lipinski definition) is 2. The summed E-state index contributed by atoms with van der Waals surface area (Å²) in [5, 5.41) is 6.37. The van der Waals surface area contributed by atoms with Crippen LogP contribution in [0, 0.1) is 0 Å². The predicted molar refractivity (Wildman–Crippen MR) is 130 cm³/mol. The lowest BCUT2D eigenvalue weighted by Gasteiger charge is -2.31. The number of nitrogens with one attached hydrogen (secondary N) is 2. The Kier molecular flexibility index (Phi) is 5.19. The molecule has 32 heavy (non-hydrogen) atoms. The van der Waals surface area contributed by atoms with Crippen LogP contribution in [0.4, 0.5) is 11.6 Å². The molecular formula is C25H21BrN4O2. The van der Waals surface area contributed by atoms with Crippen LogP contribution in [0.5, 0.6) is 5.75 Å². The number of rotatable bonds is 4. The zero-order chi connectivity index (χ0) is 22.2. The van der Waals surface area contributed by atoms with Crippen LogP contribution in [0.25, 0.3) is 11.0 Å². The SMILES string of the molecule is COc1ccccc1NC(=O)C1=C(C)Nc2nc3ccccc3n2[C@H]1c1ccc(Br)cc1. The van der Waals surface area contributed by atoms with E-state index in [0.29, 0.717) is 23.0 Å². The zero-order valence-corrected chi connectivity index (χ0v) is 19.2. The summed E-state index contributed by atoms with van der Waals surface area (Å²) in [5.74, 6) is 1.12. The van der Waals surface area contributed by atoms with Gasteiger partial charge in [0.2, 0.25) is 5.95 Å². The lowest BCUT2D eigenvalue weighted by molar-refractivity contribution is -0.113. The fourth-order valence-corrected chi connectivity index (χ4v) is 4.42. The highest BCUT2D eigenvalue weighted by atomic mass is 79.9. The molecule has 3 aromatic carbocycles. The highest BCUT2D eigenvalue weighted by Crippen LogP contribution is 2.40. The smallest absolute Gasteiger partial charge is 0.255 e. The second-order valence-corrected chi connectivity index (χ2v) is 8.48. The molecule has 2 N–H and O–H groups in total. The first-order valence-corrected chi connectivity index (χ1v) is 11.0. The van der Waals surface area contributed by atoms with Gasteiger partial charge in [-0.25, -0.2) is 4.98 Å². The number of nitrogens with zero attached hydrogens (tertiary/aromatic N) is 2. The third-order valence-electron chi connectivity index (χ3n) is 5.62. The maximum atomic E-state index is 13.7. The van der Waals surface area contributed by atoms with E-state index in [9.17, 15) is 4.79 Å². The van der Waals surface area contributed by atoms with E-state index in [1.807, 2.05) is 79.7 Å². The zero-order valence-electron chi connectivity index (χ0n) is 17.6. The van der Waals surface area contributed by atoms with Crippen molar-refractivity contribution in [3.05, 3.63) is 94.1 Å². The van der Waals surface area contributed by atoms with Crippen molar-refractivity contribution in [1.82, 2.24) is 9.55 Å². The number of carbonyl (C=O) groups excluding carboxylic acids is 1. The van der Waals surface area contributed by atoms with E-state index in [-0.39, 0.29) is 11.9 Å². The number of para-hydroxylation sites is 4. The van der Waals surface area contributed by atoms with E-state index in [1.54, 1.807) is 7.11 Å². The summed E-state index contributed by atoms with van der Waals surface area (Å²) in [6.07, 6.45) is 0. The second-order valence-electron chi connectivity index (χ2n) is 7.57. The first-order chi connectivity index (χ1) is 15.6. The van der Waals surface area contributed by atoms with Crippen LogP contribution in [0.2, 0.25) is 0 Å². The highest BCUT2D eigenvalue weighted by Gasteiger charge is 2.34. The van der Waals surface area contributed by atoms with Gasteiger partial charge in [0.25, 0.3) is 5.91 Å². The minimum Gasteiger partial charge on any atom is -0.495 e. The van der Waals surface area contributed by atoms with Gasteiger partial charge in [0, 0.05) is 10.2 Å². The molecule has 6 nitrogen and oxygen atoms in total. The topological polar surface area (TPSA) is 68.2 Å². The summed E-state index contributed by atoms with van der Waals surface area (Å²) >= 11 is 3.51. The standard InChI is InChI=1S/C25H21BrN4O2/c1-15-22(24(31)28-19-8-4-6-10-21(19)32-2)23(16-11-13-17(26)14-12-16)30-20-9-5-3-7-18(20)29-25(30)27-15/h3-14,23H,1-2H3,(H,27,29)(H,28,31)/t23-/m0/s1. The molecule has 0 saturated heterocycles. The Hall–Kier alpha value is -3.58. The summed E-state index contributed by atoms with van der Waals surface area (Å²) in [6, 6.07) is 23.0. The number of carbonyl (C=O) groups is 1. The van der Waals surface area contributed by atoms with Gasteiger partial charge in [0.05, 0.1) is 35.4 Å². The van der Waals surface area contributed by atoms with E-state index in [0.717, 1.165) is 26.8 Å². The Labute approximate surface area is 194 Å². The molecule has 1 aliphatic heterocycles. The lowest BCUT2D eigenvalue weighted by atomic mass is 9.94. The number of halogens is 1. The van der Waals surface area contributed by atoms with E-state index >= 15 is 0 Å². The Morgan fingerprint density at radius 1 is 1.06 bits per heavy atom. The average molecular weight is 489 g/mol. The number of benzene rings is 3. The molecule has 0 unspecified atom stereocenters. The minimum atomic E-state index is -0.346. The molecule has 4 aromatic rings. The van der Waals surface area contributed by atoms with Gasteiger partial charge >= 0.3 is 0 Å². The van der Waals surface area contributed by atoms with E-state index in [1.165, 1.54) is 0 Å². The monoisotopic (exact) mass is 488 g/mol. The molecule has 0 bridgehead atoms. The summed E-state index contributed by atoms with van der Waals surface area (Å²) in [5.41, 5.74) is 4.82. The van der Waals surface area contributed by atoms with E-state index < -0.39 is 0 Å². The van der Waals surface area contributed by atoms with Crippen molar-refractivity contribution >= 4 is 44.5 Å². The maximum absolute atomic E-state index is 13.7. The fourth-order valence-electron chi connectivity index (χ4n) is 4.16. The van der Waals surface area contributed by atoms with E-state index in [4.69, 9.17) is 9.72 Å². The molecule has 0 spiro atoms. The molecule has 160 valence electrons. The number of ether oxygens (including phenoxy) is 1. The number of allylic oxidation sites excluding steroid dienone is 1. The van der Waals surface area contributed by atoms with Gasteiger partial charge in [-0.2, -0.15) is 0 Å². The van der Waals surface area contributed by atoms with Crippen molar-refractivity contribution in [2.24, 2.45) is 0 Å². The molecule has 0 radical (unpaired) electrons. The molecule has 0 saturated carbocycles. The molecule has 1 aromatic heterocycles. The fraction of sp³-hybridized carbons (Fsp3) is 0.120. The molecule has 2 heterocycles. The molecule has 0 fully saturated rings. The first-order valence-electron chi connectivity index (χ1n) is 10.2. The largest absolute Gasteiger partial charge is 0.495 e. The summed E-state index contributed by atoms with van der Waals surface area (Å²) in [6.45, 7) is 1.91. The van der Waals surface area contributed by atoms with Crippen LogP contribution in [-0.4, -0.2) is 22.6 Å².